The first-order valence-corrected chi connectivity index (χ1v) is 7.26. The number of alkyl halides is 2. The number of ether oxygens (including phenoxy) is 1. The molecule has 3 rings (SSSR count). The predicted molar refractivity (Wildman–Crippen MR) is 84.6 cm³/mol. The Morgan fingerprint density at radius 2 is 1.87 bits per heavy atom. The van der Waals surface area contributed by atoms with Crippen LogP contribution in [0.2, 0.25) is 0 Å². The first-order chi connectivity index (χ1) is 11.1. The van der Waals surface area contributed by atoms with Crippen molar-refractivity contribution in [3.63, 3.8) is 0 Å². The summed E-state index contributed by atoms with van der Waals surface area (Å²) in [7, 11) is 0. The Kier molecular flexibility index (Phi) is 4.37. The number of carbonyl (C=O) groups is 1. The van der Waals surface area contributed by atoms with E-state index >= 15 is 0 Å². The second-order valence-corrected chi connectivity index (χ2v) is 5.15. The van der Waals surface area contributed by atoms with Gasteiger partial charge < -0.3 is 9.64 Å². The van der Waals surface area contributed by atoms with E-state index in [1.807, 2.05) is 24.3 Å². The molecule has 0 aliphatic carbocycles. The summed E-state index contributed by atoms with van der Waals surface area (Å²) in [4.78, 5) is 14.0. The molecular weight excluding hydrogens is 300 g/mol. The summed E-state index contributed by atoms with van der Waals surface area (Å²) < 4.78 is 28.4. The Bertz CT molecular complexity index is 726. The zero-order valence-electron chi connectivity index (χ0n) is 12.3. The van der Waals surface area contributed by atoms with Crippen molar-refractivity contribution >= 4 is 17.7 Å². The van der Waals surface area contributed by atoms with Gasteiger partial charge in [-0.05, 0) is 41.8 Å². The molecule has 2 aromatic carbocycles. The van der Waals surface area contributed by atoms with E-state index in [0.29, 0.717) is 6.54 Å². The Morgan fingerprint density at radius 1 is 1.13 bits per heavy atom. The molecule has 2 aromatic rings. The lowest BCUT2D eigenvalue weighted by Gasteiger charge is -2.14. The maximum atomic E-state index is 12.3. The van der Waals surface area contributed by atoms with Gasteiger partial charge in [0.05, 0.1) is 0 Å². The molecule has 0 N–H and O–H groups in total. The molecule has 1 aliphatic heterocycles. The topological polar surface area (TPSA) is 29.5 Å². The van der Waals surface area contributed by atoms with Gasteiger partial charge in [0.15, 0.2) is 0 Å². The van der Waals surface area contributed by atoms with Gasteiger partial charge in [-0.3, -0.25) is 4.79 Å². The Hall–Kier alpha value is -2.69. The molecule has 3 nitrogen and oxygen atoms in total. The van der Waals surface area contributed by atoms with Crippen LogP contribution in [0.4, 0.5) is 14.5 Å². The van der Waals surface area contributed by atoms with Crippen molar-refractivity contribution in [2.75, 3.05) is 11.4 Å². The minimum atomic E-state index is -2.84. The molecule has 0 saturated carbocycles. The van der Waals surface area contributed by atoms with Gasteiger partial charge in [-0.1, -0.05) is 30.3 Å². The number of carbonyl (C=O) groups excluding carboxylic acids is 1. The number of halogens is 2. The fourth-order valence-electron chi connectivity index (χ4n) is 2.59. The number of fused-ring (bicyclic) bond motifs is 1. The summed E-state index contributed by atoms with van der Waals surface area (Å²) in [5, 5.41) is 0. The summed E-state index contributed by atoms with van der Waals surface area (Å²) in [6, 6.07) is 14.0. The van der Waals surface area contributed by atoms with E-state index in [-0.39, 0.29) is 11.7 Å². The van der Waals surface area contributed by atoms with E-state index < -0.39 is 6.61 Å². The van der Waals surface area contributed by atoms with Gasteiger partial charge >= 0.3 is 6.61 Å². The van der Waals surface area contributed by atoms with Crippen LogP contribution in [-0.4, -0.2) is 19.1 Å². The number of anilines is 1. The molecule has 0 atom stereocenters. The van der Waals surface area contributed by atoms with Crippen LogP contribution in [0.25, 0.3) is 6.08 Å². The van der Waals surface area contributed by atoms with Crippen LogP contribution in [-0.2, 0) is 11.2 Å². The van der Waals surface area contributed by atoms with Crippen molar-refractivity contribution in [3.8, 4) is 5.75 Å². The minimum absolute atomic E-state index is 0.0944. The smallest absolute Gasteiger partial charge is 0.387 e. The average Bonchev–Trinajstić information content (AvgIpc) is 2.97. The SMILES string of the molecule is O=C(/C=C/c1ccc(OC(F)F)cc1)N1CCc2ccccc21. The van der Waals surface area contributed by atoms with Crippen molar-refractivity contribution < 1.29 is 18.3 Å². The molecule has 1 aliphatic rings. The lowest BCUT2D eigenvalue weighted by molar-refractivity contribution is -0.114. The first kappa shape index (κ1) is 15.2. The van der Waals surface area contributed by atoms with E-state index in [2.05, 4.69) is 4.74 Å². The van der Waals surface area contributed by atoms with Crippen LogP contribution < -0.4 is 9.64 Å². The standard InChI is InChI=1S/C18H15F2NO2/c19-18(20)23-15-8-5-13(6-9-15)7-10-17(22)21-12-11-14-3-1-2-4-16(14)21/h1-10,18H,11-12H2/b10-7+. The van der Waals surface area contributed by atoms with Crippen LogP contribution in [0, 0.1) is 0 Å². The zero-order chi connectivity index (χ0) is 16.2. The van der Waals surface area contributed by atoms with E-state index in [1.54, 1.807) is 23.1 Å². The van der Waals surface area contributed by atoms with Crippen molar-refractivity contribution in [2.45, 2.75) is 13.0 Å². The summed E-state index contributed by atoms with van der Waals surface area (Å²) in [6.45, 7) is -2.17. The van der Waals surface area contributed by atoms with Crippen LogP contribution >= 0.6 is 0 Å². The van der Waals surface area contributed by atoms with Crippen molar-refractivity contribution in [3.05, 3.63) is 65.7 Å². The number of hydrogen-bond donors (Lipinski definition) is 0. The third-order valence-electron chi connectivity index (χ3n) is 3.68. The predicted octanol–water partition coefficient (Wildman–Crippen LogP) is 3.89. The van der Waals surface area contributed by atoms with Gasteiger partial charge in [0.1, 0.15) is 5.75 Å². The quantitative estimate of drug-likeness (QED) is 0.801. The summed E-state index contributed by atoms with van der Waals surface area (Å²) in [5.74, 6) is -0.000182. The number of nitrogens with zero attached hydrogens (tertiary/aromatic N) is 1. The van der Waals surface area contributed by atoms with Gasteiger partial charge in [0, 0.05) is 18.3 Å². The fourth-order valence-corrected chi connectivity index (χ4v) is 2.59. The highest BCUT2D eigenvalue weighted by Gasteiger charge is 2.22. The number of amides is 1. The fraction of sp³-hybridized carbons (Fsp3) is 0.167. The van der Waals surface area contributed by atoms with E-state index in [4.69, 9.17) is 0 Å². The van der Waals surface area contributed by atoms with Crippen molar-refractivity contribution in [2.24, 2.45) is 0 Å². The van der Waals surface area contributed by atoms with Crippen LogP contribution in [0.15, 0.2) is 54.6 Å². The highest BCUT2D eigenvalue weighted by Crippen LogP contribution is 2.27. The number of benzene rings is 2. The Labute approximate surface area is 132 Å². The Balaban J connectivity index is 1.67. The monoisotopic (exact) mass is 315 g/mol. The molecule has 0 unspecified atom stereocenters. The third-order valence-corrected chi connectivity index (χ3v) is 3.68. The van der Waals surface area contributed by atoms with Crippen LogP contribution in [0.1, 0.15) is 11.1 Å². The van der Waals surface area contributed by atoms with E-state index in [1.165, 1.54) is 23.8 Å². The molecule has 1 amide bonds. The molecule has 23 heavy (non-hydrogen) atoms. The molecule has 0 bridgehead atoms. The second-order valence-electron chi connectivity index (χ2n) is 5.15. The number of para-hydroxylation sites is 1. The maximum absolute atomic E-state index is 12.3. The van der Waals surface area contributed by atoms with Gasteiger partial charge in [0.2, 0.25) is 0 Å². The van der Waals surface area contributed by atoms with Gasteiger partial charge in [-0.15, -0.1) is 0 Å². The molecule has 0 fully saturated rings. The van der Waals surface area contributed by atoms with Crippen LogP contribution in [0.5, 0.6) is 5.75 Å². The van der Waals surface area contributed by atoms with Crippen molar-refractivity contribution in [1.29, 1.82) is 0 Å². The lowest BCUT2D eigenvalue weighted by atomic mass is 10.2. The number of rotatable bonds is 4. The molecule has 5 heteroatoms. The van der Waals surface area contributed by atoms with E-state index in [9.17, 15) is 13.6 Å². The normalized spacial score (nSPS) is 13.6. The third kappa shape index (κ3) is 3.56. The molecular formula is C18H15F2NO2. The summed E-state index contributed by atoms with van der Waals surface area (Å²) in [5.41, 5.74) is 2.86. The molecule has 1 heterocycles. The van der Waals surface area contributed by atoms with Gasteiger partial charge in [-0.2, -0.15) is 8.78 Å². The molecule has 0 aromatic heterocycles. The lowest BCUT2D eigenvalue weighted by Crippen LogP contribution is -2.26. The molecule has 0 radical (unpaired) electrons. The highest BCUT2D eigenvalue weighted by molar-refractivity contribution is 6.05. The summed E-state index contributed by atoms with van der Waals surface area (Å²) in [6.07, 6.45) is 4.01. The first-order valence-electron chi connectivity index (χ1n) is 7.26. The molecule has 118 valence electrons. The molecule has 0 spiro atoms. The minimum Gasteiger partial charge on any atom is -0.435 e. The van der Waals surface area contributed by atoms with Crippen molar-refractivity contribution in [1.82, 2.24) is 0 Å². The van der Waals surface area contributed by atoms with Gasteiger partial charge in [-0.25, -0.2) is 0 Å². The average molecular weight is 315 g/mol. The maximum Gasteiger partial charge on any atom is 0.387 e. The van der Waals surface area contributed by atoms with Crippen LogP contribution in [0.3, 0.4) is 0 Å². The largest absolute Gasteiger partial charge is 0.435 e. The summed E-state index contributed by atoms with van der Waals surface area (Å²) >= 11 is 0. The molecule has 0 saturated heterocycles. The second kappa shape index (κ2) is 6.60. The zero-order valence-corrected chi connectivity index (χ0v) is 12.3. The van der Waals surface area contributed by atoms with E-state index in [0.717, 1.165) is 17.7 Å². The number of hydrogen-bond acceptors (Lipinski definition) is 2. The Morgan fingerprint density at radius 3 is 2.61 bits per heavy atom. The highest BCUT2D eigenvalue weighted by atomic mass is 19.3. The van der Waals surface area contributed by atoms with Gasteiger partial charge in [0.25, 0.3) is 5.91 Å².